The van der Waals surface area contributed by atoms with Gasteiger partial charge in [-0.2, -0.15) is 0 Å². The zero-order valence-corrected chi connectivity index (χ0v) is 31.7. The summed E-state index contributed by atoms with van der Waals surface area (Å²) in [5, 5.41) is 12.8. The molecule has 0 aliphatic heterocycles. The summed E-state index contributed by atoms with van der Waals surface area (Å²) in [5.74, 6) is 0. The fourth-order valence-corrected chi connectivity index (χ4v) is 10.7. The van der Waals surface area contributed by atoms with Gasteiger partial charge in [-0.3, -0.25) is 0 Å². The molecule has 0 bridgehead atoms. The molecule has 8 aromatic carbocycles. The average molecular weight is 717 g/mol. The molecule has 0 atom stereocenters. The third-order valence-corrected chi connectivity index (χ3v) is 13.1. The lowest BCUT2D eigenvalue weighted by Crippen LogP contribution is -2.31. The SMILES string of the molecule is CC1(C)c2ccccc2-c2cc(-c3c4c(c(-c5ccc(C6=CC=CCC6)c6ccccc56)c5ccccc35)=CCCC=4)c3cc4c(cc3c21)oc1ccccc14. The minimum atomic E-state index is -0.162. The predicted octanol–water partition coefficient (Wildman–Crippen LogP) is 13.8. The maximum atomic E-state index is 6.60. The maximum Gasteiger partial charge on any atom is 0.136 e. The average Bonchev–Trinajstić information content (AvgIpc) is 3.72. The van der Waals surface area contributed by atoms with E-state index in [9.17, 15) is 0 Å². The molecule has 0 radical (unpaired) electrons. The summed E-state index contributed by atoms with van der Waals surface area (Å²) in [4.78, 5) is 0. The van der Waals surface area contributed by atoms with Crippen LogP contribution in [0.4, 0.5) is 0 Å². The fourth-order valence-electron chi connectivity index (χ4n) is 10.7. The number of benzene rings is 8. The standard InChI is InChI=1S/C55H40O/c1-55(2)49-26-14-12-20-37(49)47-31-46(44-30-45-38-21-13-15-27-50(38)56-51(45)32-48(44)54(47)55)53-41-24-10-8-22-39(41)52(40-23-9-11-25-42(40)53)43-29-28-34(33-16-4-3-5-17-33)35-18-6-7-19-36(35)43/h3-4,6-8,10,12-16,18-32H,5,9,11,17H2,1-2H3. The lowest BCUT2D eigenvalue weighted by atomic mass is 9.78. The Bertz CT molecular complexity index is 3380. The van der Waals surface area contributed by atoms with Gasteiger partial charge in [0.1, 0.15) is 11.2 Å². The first-order valence-electron chi connectivity index (χ1n) is 20.2. The van der Waals surface area contributed by atoms with Crippen LogP contribution in [0.1, 0.15) is 56.2 Å². The second kappa shape index (κ2) is 11.8. The van der Waals surface area contributed by atoms with Crippen molar-refractivity contribution in [2.24, 2.45) is 0 Å². The smallest absolute Gasteiger partial charge is 0.136 e. The minimum Gasteiger partial charge on any atom is -0.456 e. The van der Waals surface area contributed by atoms with Gasteiger partial charge >= 0.3 is 0 Å². The third-order valence-electron chi connectivity index (χ3n) is 13.1. The summed E-state index contributed by atoms with van der Waals surface area (Å²) in [6.45, 7) is 4.79. The van der Waals surface area contributed by atoms with Crippen molar-refractivity contribution in [1.29, 1.82) is 0 Å². The van der Waals surface area contributed by atoms with Crippen LogP contribution in [-0.2, 0) is 5.41 Å². The number of rotatable bonds is 3. The highest BCUT2D eigenvalue weighted by Crippen LogP contribution is 2.54. The Kier molecular flexibility index (Phi) is 6.70. The van der Waals surface area contributed by atoms with E-state index in [0.29, 0.717) is 0 Å². The molecule has 12 rings (SSSR count). The van der Waals surface area contributed by atoms with Crippen molar-refractivity contribution in [3.8, 4) is 33.4 Å². The summed E-state index contributed by atoms with van der Waals surface area (Å²) in [6, 6.07) is 47.9. The van der Waals surface area contributed by atoms with Crippen LogP contribution in [0.25, 0.3) is 105 Å². The molecule has 0 amide bonds. The van der Waals surface area contributed by atoms with E-state index >= 15 is 0 Å². The van der Waals surface area contributed by atoms with Crippen molar-refractivity contribution in [1.82, 2.24) is 0 Å². The van der Waals surface area contributed by atoms with Crippen LogP contribution >= 0.6 is 0 Å². The molecule has 3 aliphatic rings. The van der Waals surface area contributed by atoms with E-state index in [1.54, 1.807) is 0 Å². The van der Waals surface area contributed by atoms with E-state index < -0.39 is 0 Å². The minimum absolute atomic E-state index is 0.162. The molecule has 0 N–H and O–H groups in total. The Morgan fingerprint density at radius 3 is 1.86 bits per heavy atom. The fraction of sp³-hybridized carbons (Fsp3) is 0.127. The lowest BCUT2D eigenvalue weighted by Gasteiger charge is -2.25. The number of hydrogen-bond acceptors (Lipinski definition) is 1. The Morgan fingerprint density at radius 1 is 0.464 bits per heavy atom. The second-order valence-corrected chi connectivity index (χ2v) is 16.5. The molecule has 3 aliphatic carbocycles. The van der Waals surface area contributed by atoms with Gasteiger partial charge in [-0.05, 0) is 148 Å². The molecule has 1 aromatic heterocycles. The van der Waals surface area contributed by atoms with E-state index in [1.165, 1.54) is 104 Å². The van der Waals surface area contributed by atoms with Crippen LogP contribution in [0.5, 0.6) is 0 Å². The second-order valence-electron chi connectivity index (χ2n) is 16.5. The van der Waals surface area contributed by atoms with Crippen molar-refractivity contribution in [3.05, 3.63) is 173 Å². The monoisotopic (exact) mass is 716 g/mol. The van der Waals surface area contributed by atoms with Gasteiger partial charge in [0.25, 0.3) is 0 Å². The number of para-hydroxylation sites is 1. The zero-order chi connectivity index (χ0) is 37.1. The van der Waals surface area contributed by atoms with Crippen LogP contribution in [0.3, 0.4) is 0 Å². The van der Waals surface area contributed by atoms with E-state index in [-0.39, 0.29) is 5.41 Å². The molecule has 56 heavy (non-hydrogen) atoms. The van der Waals surface area contributed by atoms with Crippen LogP contribution in [0.2, 0.25) is 0 Å². The van der Waals surface area contributed by atoms with Crippen LogP contribution in [0.15, 0.2) is 150 Å². The number of fused-ring (bicyclic) bond motifs is 11. The highest BCUT2D eigenvalue weighted by molar-refractivity contribution is 6.19. The summed E-state index contributed by atoms with van der Waals surface area (Å²) >= 11 is 0. The van der Waals surface area contributed by atoms with E-state index in [1.807, 2.05) is 0 Å². The van der Waals surface area contributed by atoms with Crippen molar-refractivity contribution in [3.63, 3.8) is 0 Å². The summed E-state index contributed by atoms with van der Waals surface area (Å²) in [6.07, 6.45) is 16.1. The Morgan fingerprint density at radius 2 is 1.11 bits per heavy atom. The molecule has 0 saturated carbocycles. The quantitative estimate of drug-likeness (QED) is 0.177. The normalized spacial score (nSPS) is 15.5. The van der Waals surface area contributed by atoms with Gasteiger partial charge in [-0.15, -0.1) is 0 Å². The Hall–Kier alpha value is -6.44. The molecule has 1 nitrogen and oxygen atoms in total. The van der Waals surface area contributed by atoms with Crippen LogP contribution in [-0.4, -0.2) is 0 Å². The van der Waals surface area contributed by atoms with Gasteiger partial charge in [0.05, 0.1) is 0 Å². The molecule has 1 heterocycles. The van der Waals surface area contributed by atoms with E-state index in [4.69, 9.17) is 4.42 Å². The Labute approximate surface area is 326 Å². The van der Waals surface area contributed by atoms with E-state index in [2.05, 4.69) is 172 Å². The van der Waals surface area contributed by atoms with Gasteiger partial charge in [-0.1, -0.05) is 147 Å². The van der Waals surface area contributed by atoms with Gasteiger partial charge in [-0.25, -0.2) is 0 Å². The van der Waals surface area contributed by atoms with Crippen molar-refractivity contribution >= 4 is 72.0 Å². The van der Waals surface area contributed by atoms with E-state index in [0.717, 1.165) is 42.2 Å². The molecule has 0 fully saturated rings. The predicted molar refractivity (Wildman–Crippen MR) is 238 cm³/mol. The first-order chi connectivity index (χ1) is 27.6. The third kappa shape index (κ3) is 4.37. The molecule has 9 aromatic rings. The molecule has 0 unspecified atom stereocenters. The van der Waals surface area contributed by atoms with Gasteiger partial charge in [0.15, 0.2) is 0 Å². The van der Waals surface area contributed by atoms with Crippen molar-refractivity contribution in [2.45, 2.75) is 44.9 Å². The summed E-state index contributed by atoms with van der Waals surface area (Å²) < 4.78 is 6.60. The Balaban J connectivity index is 1.23. The topological polar surface area (TPSA) is 13.1 Å². The number of hydrogen-bond donors (Lipinski definition) is 0. The number of furan rings is 1. The molecule has 0 saturated heterocycles. The largest absolute Gasteiger partial charge is 0.456 e. The molecule has 0 spiro atoms. The molecular weight excluding hydrogens is 677 g/mol. The molecule has 266 valence electrons. The van der Waals surface area contributed by atoms with Crippen LogP contribution in [0, 0.1) is 0 Å². The first kappa shape index (κ1) is 31.9. The van der Waals surface area contributed by atoms with Crippen molar-refractivity contribution in [2.75, 3.05) is 0 Å². The van der Waals surface area contributed by atoms with Gasteiger partial charge in [0.2, 0.25) is 0 Å². The summed E-state index contributed by atoms with van der Waals surface area (Å²) in [5.41, 5.74) is 15.2. The zero-order valence-electron chi connectivity index (χ0n) is 31.7. The van der Waals surface area contributed by atoms with Gasteiger partial charge in [0, 0.05) is 16.2 Å². The molecule has 1 heteroatoms. The molecular formula is C55H40O. The summed E-state index contributed by atoms with van der Waals surface area (Å²) in [7, 11) is 0. The number of allylic oxidation sites excluding steroid dienone is 4. The van der Waals surface area contributed by atoms with Crippen LogP contribution < -0.4 is 10.4 Å². The highest BCUT2D eigenvalue weighted by atomic mass is 16.3. The lowest BCUT2D eigenvalue weighted by molar-refractivity contribution is 0.663. The van der Waals surface area contributed by atoms with Crippen molar-refractivity contribution < 1.29 is 4.42 Å². The first-order valence-corrected chi connectivity index (χ1v) is 20.2. The maximum absolute atomic E-state index is 6.60. The highest BCUT2D eigenvalue weighted by Gasteiger charge is 2.38. The van der Waals surface area contributed by atoms with Gasteiger partial charge < -0.3 is 4.42 Å².